The molecule has 1 atom stereocenters. The average Bonchev–Trinajstić information content (AvgIpc) is 2.78. The lowest BCUT2D eigenvalue weighted by atomic mass is 10.1. The molecule has 90 valence electrons. The summed E-state index contributed by atoms with van der Waals surface area (Å²) >= 11 is 0. The van der Waals surface area contributed by atoms with Gasteiger partial charge in [0.05, 0.1) is 0 Å². The number of hydrogen-bond donors (Lipinski definition) is 1. The van der Waals surface area contributed by atoms with Gasteiger partial charge in [0.2, 0.25) is 5.88 Å². The Balaban J connectivity index is 1.90. The number of fused-ring (bicyclic) bond motifs is 1. The van der Waals surface area contributed by atoms with E-state index in [4.69, 9.17) is 4.74 Å². The van der Waals surface area contributed by atoms with Crippen molar-refractivity contribution < 1.29 is 4.74 Å². The molecular weight excluding hydrogens is 216 g/mol. The van der Waals surface area contributed by atoms with Gasteiger partial charge in [-0.25, -0.2) is 4.98 Å². The highest BCUT2D eigenvalue weighted by molar-refractivity contribution is 5.43. The van der Waals surface area contributed by atoms with E-state index in [0.717, 1.165) is 43.0 Å². The van der Waals surface area contributed by atoms with Gasteiger partial charge in [-0.2, -0.15) is 9.61 Å². The molecule has 1 unspecified atom stereocenters. The van der Waals surface area contributed by atoms with E-state index >= 15 is 0 Å². The van der Waals surface area contributed by atoms with Crippen LogP contribution >= 0.6 is 0 Å². The molecule has 17 heavy (non-hydrogen) atoms. The van der Waals surface area contributed by atoms with Crippen molar-refractivity contribution in [3.8, 4) is 5.88 Å². The molecule has 1 aliphatic rings. The van der Waals surface area contributed by atoms with Crippen molar-refractivity contribution in [3.63, 3.8) is 0 Å². The number of pyridine rings is 1. The zero-order valence-corrected chi connectivity index (χ0v) is 9.89. The Kier molecular flexibility index (Phi) is 2.68. The maximum absolute atomic E-state index is 6.01. The largest absolute Gasteiger partial charge is 0.473 e. The third kappa shape index (κ3) is 2.10. The van der Waals surface area contributed by atoms with Crippen LogP contribution in [0.4, 0.5) is 0 Å². The minimum atomic E-state index is 0.234. The van der Waals surface area contributed by atoms with Crippen molar-refractivity contribution in [1.29, 1.82) is 0 Å². The van der Waals surface area contributed by atoms with Crippen LogP contribution < -0.4 is 10.1 Å². The topological polar surface area (TPSA) is 51.5 Å². The molecule has 1 saturated heterocycles. The van der Waals surface area contributed by atoms with E-state index in [1.807, 2.05) is 19.1 Å². The quantitative estimate of drug-likeness (QED) is 0.844. The van der Waals surface area contributed by atoms with Gasteiger partial charge >= 0.3 is 0 Å². The Morgan fingerprint density at radius 3 is 3.24 bits per heavy atom. The molecule has 0 amide bonds. The molecule has 5 heteroatoms. The molecule has 3 rings (SSSR count). The van der Waals surface area contributed by atoms with E-state index in [2.05, 4.69) is 15.4 Å². The third-order valence-electron chi connectivity index (χ3n) is 3.03. The molecule has 0 radical (unpaired) electrons. The SMILES string of the molecule is Cc1cc(OC2CCCNC2)n2ncnc2c1. The lowest BCUT2D eigenvalue weighted by Gasteiger charge is -2.24. The number of nitrogens with zero attached hydrogens (tertiary/aromatic N) is 3. The second-order valence-corrected chi connectivity index (χ2v) is 4.49. The molecule has 1 aliphatic heterocycles. The zero-order valence-electron chi connectivity index (χ0n) is 9.89. The maximum Gasteiger partial charge on any atom is 0.217 e. The van der Waals surface area contributed by atoms with Crippen molar-refractivity contribution in [2.24, 2.45) is 0 Å². The Hall–Kier alpha value is -1.62. The van der Waals surface area contributed by atoms with Crippen molar-refractivity contribution in [3.05, 3.63) is 24.0 Å². The first-order chi connectivity index (χ1) is 8.33. The number of nitrogens with one attached hydrogen (secondary N) is 1. The molecule has 3 heterocycles. The zero-order chi connectivity index (χ0) is 11.7. The molecule has 0 bridgehead atoms. The van der Waals surface area contributed by atoms with Gasteiger partial charge in [0.15, 0.2) is 5.65 Å². The molecule has 0 aromatic carbocycles. The predicted molar refractivity (Wildman–Crippen MR) is 64.2 cm³/mol. The Morgan fingerprint density at radius 2 is 2.41 bits per heavy atom. The van der Waals surface area contributed by atoms with Crippen LogP contribution in [-0.2, 0) is 0 Å². The first kappa shape index (κ1) is 10.5. The van der Waals surface area contributed by atoms with Gasteiger partial charge in [0, 0.05) is 12.6 Å². The van der Waals surface area contributed by atoms with Crippen LogP contribution in [-0.4, -0.2) is 33.8 Å². The van der Waals surface area contributed by atoms with Gasteiger partial charge in [-0.3, -0.25) is 0 Å². The second-order valence-electron chi connectivity index (χ2n) is 4.49. The van der Waals surface area contributed by atoms with Gasteiger partial charge in [-0.1, -0.05) is 0 Å². The van der Waals surface area contributed by atoms with Crippen LogP contribution in [0.3, 0.4) is 0 Å². The second kappa shape index (κ2) is 4.33. The van der Waals surface area contributed by atoms with Gasteiger partial charge in [0.1, 0.15) is 12.4 Å². The third-order valence-corrected chi connectivity index (χ3v) is 3.03. The fourth-order valence-corrected chi connectivity index (χ4v) is 2.20. The Bertz CT molecular complexity index is 516. The van der Waals surface area contributed by atoms with E-state index in [9.17, 15) is 0 Å². The molecule has 0 aliphatic carbocycles. The highest BCUT2D eigenvalue weighted by Crippen LogP contribution is 2.18. The summed E-state index contributed by atoms with van der Waals surface area (Å²) in [5.41, 5.74) is 1.98. The summed E-state index contributed by atoms with van der Waals surface area (Å²) in [6.45, 7) is 4.04. The first-order valence-corrected chi connectivity index (χ1v) is 6.01. The molecule has 5 nitrogen and oxygen atoms in total. The van der Waals surface area contributed by atoms with Gasteiger partial charge in [0.25, 0.3) is 0 Å². The highest BCUT2D eigenvalue weighted by atomic mass is 16.5. The minimum Gasteiger partial charge on any atom is -0.473 e. The molecular formula is C12H16N4O. The molecule has 0 spiro atoms. The Morgan fingerprint density at radius 1 is 1.47 bits per heavy atom. The number of piperidine rings is 1. The molecule has 1 fully saturated rings. The first-order valence-electron chi connectivity index (χ1n) is 6.01. The van der Waals surface area contributed by atoms with Crippen molar-refractivity contribution >= 4 is 5.65 Å². The fraction of sp³-hybridized carbons (Fsp3) is 0.500. The van der Waals surface area contributed by atoms with Crippen LogP contribution in [0.1, 0.15) is 18.4 Å². The van der Waals surface area contributed by atoms with E-state index in [1.54, 1.807) is 10.8 Å². The summed E-state index contributed by atoms with van der Waals surface area (Å²) in [6, 6.07) is 4.01. The van der Waals surface area contributed by atoms with Gasteiger partial charge in [-0.15, -0.1) is 0 Å². The summed E-state index contributed by atoms with van der Waals surface area (Å²) < 4.78 is 7.76. The smallest absolute Gasteiger partial charge is 0.217 e. The fourth-order valence-electron chi connectivity index (χ4n) is 2.20. The van der Waals surface area contributed by atoms with Crippen LogP contribution in [0.5, 0.6) is 5.88 Å². The highest BCUT2D eigenvalue weighted by Gasteiger charge is 2.16. The molecule has 2 aromatic rings. The van der Waals surface area contributed by atoms with Crippen LogP contribution in [0.2, 0.25) is 0 Å². The maximum atomic E-state index is 6.01. The molecule has 1 N–H and O–H groups in total. The Labute approximate surface area is 99.8 Å². The van der Waals surface area contributed by atoms with E-state index < -0.39 is 0 Å². The van der Waals surface area contributed by atoms with Crippen LogP contribution in [0.15, 0.2) is 18.5 Å². The predicted octanol–water partition coefficient (Wildman–Crippen LogP) is 1.17. The van der Waals surface area contributed by atoms with Crippen LogP contribution in [0.25, 0.3) is 5.65 Å². The van der Waals surface area contributed by atoms with Crippen molar-refractivity contribution in [2.45, 2.75) is 25.9 Å². The number of ether oxygens (including phenoxy) is 1. The summed E-state index contributed by atoms with van der Waals surface area (Å²) in [6.07, 6.45) is 4.05. The number of hydrogen-bond acceptors (Lipinski definition) is 4. The summed E-state index contributed by atoms with van der Waals surface area (Å²) in [4.78, 5) is 4.19. The lowest BCUT2D eigenvalue weighted by molar-refractivity contribution is 0.156. The summed E-state index contributed by atoms with van der Waals surface area (Å²) in [5.74, 6) is 0.784. The van der Waals surface area contributed by atoms with Crippen LogP contribution in [0, 0.1) is 6.92 Å². The number of aromatic nitrogens is 3. The minimum absolute atomic E-state index is 0.234. The lowest BCUT2D eigenvalue weighted by Crippen LogP contribution is -2.37. The van der Waals surface area contributed by atoms with E-state index in [1.165, 1.54) is 0 Å². The number of rotatable bonds is 2. The van der Waals surface area contributed by atoms with Gasteiger partial charge in [-0.05, 0) is 37.9 Å². The number of aryl methyl sites for hydroxylation is 1. The van der Waals surface area contributed by atoms with Crippen molar-refractivity contribution in [1.82, 2.24) is 19.9 Å². The average molecular weight is 232 g/mol. The van der Waals surface area contributed by atoms with Gasteiger partial charge < -0.3 is 10.1 Å². The normalized spacial score (nSPS) is 20.6. The summed E-state index contributed by atoms with van der Waals surface area (Å²) in [7, 11) is 0. The van der Waals surface area contributed by atoms with Crippen molar-refractivity contribution in [2.75, 3.05) is 13.1 Å². The standard InChI is InChI=1S/C12H16N4O/c1-9-5-11-14-8-15-16(11)12(6-9)17-10-3-2-4-13-7-10/h5-6,8,10,13H,2-4,7H2,1H3. The van der Waals surface area contributed by atoms with E-state index in [-0.39, 0.29) is 6.10 Å². The summed E-state index contributed by atoms with van der Waals surface area (Å²) in [5, 5.41) is 7.53. The molecule has 0 saturated carbocycles. The molecule has 2 aromatic heterocycles. The van der Waals surface area contributed by atoms with E-state index in [0.29, 0.717) is 0 Å². The monoisotopic (exact) mass is 232 g/mol.